The van der Waals surface area contributed by atoms with Crippen LogP contribution in [0.25, 0.3) is 0 Å². The van der Waals surface area contributed by atoms with Crippen LogP contribution in [-0.4, -0.2) is 57.1 Å². The summed E-state index contributed by atoms with van der Waals surface area (Å²) in [6.45, 7) is 5.09. The molecule has 0 radical (unpaired) electrons. The molecule has 0 saturated carbocycles. The average molecular weight is 635 g/mol. The molecule has 0 heterocycles. The van der Waals surface area contributed by atoms with Gasteiger partial charge in [0.15, 0.2) is 0 Å². The van der Waals surface area contributed by atoms with Gasteiger partial charge >= 0.3 is 0 Å². The molecular weight excluding hydrogens is 597 g/mol. The summed E-state index contributed by atoms with van der Waals surface area (Å²) in [5.41, 5.74) is 2.49. The van der Waals surface area contributed by atoms with Gasteiger partial charge in [-0.3, -0.25) is 13.9 Å². The monoisotopic (exact) mass is 633 g/mol. The zero-order chi connectivity index (χ0) is 31.0. The number of rotatable bonds is 13. The number of methoxy groups -OCH3 is 1. The number of anilines is 1. The maximum absolute atomic E-state index is 14.2. The second kappa shape index (κ2) is 14.8. The van der Waals surface area contributed by atoms with E-state index in [9.17, 15) is 18.0 Å². The summed E-state index contributed by atoms with van der Waals surface area (Å²) in [6, 6.07) is 18.3. The van der Waals surface area contributed by atoms with Crippen LogP contribution >= 0.6 is 23.2 Å². The maximum Gasteiger partial charge on any atom is 0.244 e. The number of halogens is 2. The van der Waals surface area contributed by atoms with E-state index in [2.05, 4.69) is 5.32 Å². The molecule has 8 nitrogen and oxygen atoms in total. The summed E-state index contributed by atoms with van der Waals surface area (Å²) in [5, 5.41) is 3.65. The summed E-state index contributed by atoms with van der Waals surface area (Å²) in [7, 11) is -2.51. The Morgan fingerprint density at radius 2 is 1.67 bits per heavy atom. The van der Waals surface area contributed by atoms with E-state index in [0.717, 1.165) is 21.7 Å². The molecule has 2 amide bonds. The highest BCUT2D eigenvalue weighted by molar-refractivity contribution is 7.92. The van der Waals surface area contributed by atoms with Gasteiger partial charge in [-0.25, -0.2) is 8.42 Å². The summed E-state index contributed by atoms with van der Waals surface area (Å²) >= 11 is 12.4. The largest absolute Gasteiger partial charge is 0.495 e. The third-order valence-electron chi connectivity index (χ3n) is 6.89. The molecule has 0 aliphatic heterocycles. The Bertz CT molecular complexity index is 1500. The minimum absolute atomic E-state index is 0.0102. The fourth-order valence-electron chi connectivity index (χ4n) is 4.42. The first-order chi connectivity index (χ1) is 19.8. The molecule has 3 rings (SSSR count). The summed E-state index contributed by atoms with van der Waals surface area (Å²) in [5.74, 6) is -0.624. The average Bonchev–Trinajstić information content (AvgIpc) is 2.95. The van der Waals surface area contributed by atoms with Crippen LogP contribution in [0.1, 0.15) is 37.0 Å². The van der Waals surface area contributed by atoms with Crippen LogP contribution in [0.15, 0.2) is 66.7 Å². The lowest BCUT2D eigenvalue weighted by Crippen LogP contribution is -2.54. The molecule has 0 saturated heterocycles. The predicted octanol–water partition coefficient (Wildman–Crippen LogP) is 5.63. The SMILES string of the molecule is CC[C@@H](C)NC(=O)[C@H](Cc1ccccc1)N(Cc1ccc(Cl)c(Cl)c1)C(=O)CN(c1cc(C)ccc1OC)S(C)(=O)=O. The van der Waals surface area contributed by atoms with Gasteiger partial charge < -0.3 is 15.0 Å². The highest BCUT2D eigenvalue weighted by atomic mass is 35.5. The summed E-state index contributed by atoms with van der Waals surface area (Å²) < 4.78 is 32.6. The van der Waals surface area contributed by atoms with Crippen molar-refractivity contribution in [2.45, 2.75) is 52.2 Å². The van der Waals surface area contributed by atoms with Crippen molar-refractivity contribution < 1.29 is 22.7 Å². The van der Waals surface area contributed by atoms with Crippen molar-refractivity contribution in [1.82, 2.24) is 10.2 Å². The van der Waals surface area contributed by atoms with Crippen LogP contribution < -0.4 is 14.4 Å². The molecule has 3 aromatic rings. The molecule has 0 aliphatic rings. The zero-order valence-corrected chi connectivity index (χ0v) is 26.8. The van der Waals surface area contributed by atoms with E-state index in [1.807, 2.05) is 51.1 Å². The second-order valence-electron chi connectivity index (χ2n) is 10.2. The number of aryl methyl sites for hydroxylation is 1. The Labute approximate surface area is 258 Å². The van der Waals surface area contributed by atoms with E-state index in [0.29, 0.717) is 27.8 Å². The standard InChI is InChI=1S/C31H37Cl2N3O5S/c1-6-22(3)34-31(38)28(18-23-10-8-7-9-11-23)35(19-24-13-14-25(32)26(33)17-24)30(37)20-36(42(5,39)40)27-16-21(2)12-15-29(27)41-4/h7-17,22,28H,6,18-20H2,1-5H3,(H,34,38)/t22-,28+/m1/s1. The lowest BCUT2D eigenvalue weighted by atomic mass is 10.0. The molecule has 226 valence electrons. The molecular formula is C31H37Cl2N3O5S. The summed E-state index contributed by atoms with van der Waals surface area (Å²) in [6.07, 6.45) is 1.94. The number of hydrogen-bond donors (Lipinski definition) is 1. The van der Waals surface area contributed by atoms with Gasteiger partial charge in [-0.05, 0) is 61.2 Å². The maximum atomic E-state index is 14.2. The van der Waals surface area contributed by atoms with Crippen molar-refractivity contribution in [2.75, 3.05) is 24.2 Å². The Morgan fingerprint density at radius 3 is 2.26 bits per heavy atom. The van der Waals surface area contributed by atoms with Gasteiger partial charge in [0.25, 0.3) is 0 Å². The number of hydrogen-bond acceptors (Lipinski definition) is 5. The number of carbonyl (C=O) groups excluding carboxylic acids is 2. The normalized spacial score (nSPS) is 12.7. The van der Waals surface area contributed by atoms with E-state index in [1.165, 1.54) is 12.0 Å². The smallest absolute Gasteiger partial charge is 0.244 e. The molecule has 2 atom stereocenters. The van der Waals surface area contributed by atoms with Crippen LogP contribution in [0.4, 0.5) is 5.69 Å². The Balaban J connectivity index is 2.12. The van der Waals surface area contributed by atoms with Crippen molar-refractivity contribution in [2.24, 2.45) is 0 Å². The van der Waals surface area contributed by atoms with Crippen molar-refractivity contribution in [1.29, 1.82) is 0 Å². The Kier molecular flexibility index (Phi) is 11.7. The second-order valence-corrected chi connectivity index (χ2v) is 13.0. The lowest BCUT2D eigenvalue weighted by Gasteiger charge is -2.34. The third-order valence-corrected chi connectivity index (χ3v) is 8.76. The van der Waals surface area contributed by atoms with Crippen molar-refractivity contribution in [3.05, 3.63) is 93.5 Å². The molecule has 0 bridgehead atoms. The predicted molar refractivity (Wildman–Crippen MR) is 169 cm³/mol. The molecule has 0 aliphatic carbocycles. The fourth-order valence-corrected chi connectivity index (χ4v) is 5.59. The van der Waals surface area contributed by atoms with Gasteiger partial charge in [0.1, 0.15) is 18.3 Å². The van der Waals surface area contributed by atoms with Gasteiger partial charge in [-0.15, -0.1) is 0 Å². The van der Waals surface area contributed by atoms with Crippen LogP contribution in [0.5, 0.6) is 5.75 Å². The van der Waals surface area contributed by atoms with Gasteiger partial charge in [-0.1, -0.05) is 72.6 Å². The number of ether oxygens (including phenoxy) is 1. The number of carbonyl (C=O) groups is 2. The molecule has 3 aromatic carbocycles. The van der Waals surface area contributed by atoms with E-state index in [1.54, 1.807) is 36.4 Å². The van der Waals surface area contributed by atoms with Crippen molar-refractivity contribution in [3.63, 3.8) is 0 Å². The lowest BCUT2D eigenvalue weighted by molar-refractivity contribution is -0.140. The molecule has 0 spiro atoms. The number of amides is 2. The van der Waals surface area contributed by atoms with E-state index in [-0.39, 0.29) is 30.6 Å². The van der Waals surface area contributed by atoms with Crippen LogP contribution in [0.3, 0.4) is 0 Å². The van der Waals surface area contributed by atoms with Gasteiger partial charge in [-0.2, -0.15) is 0 Å². The number of nitrogens with one attached hydrogen (secondary N) is 1. The first-order valence-electron chi connectivity index (χ1n) is 13.5. The first kappa shape index (κ1) is 33.2. The highest BCUT2D eigenvalue weighted by Crippen LogP contribution is 2.31. The third kappa shape index (κ3) is 8.86. The van der Waals surface area contributed by atoms with Gasteiger partial charge in [0.05, 0.1) is 29.1 Å². The Morgan fingerprint density at radius 1 is 0.976 bits per heavy atom. The quantitative estimate of drug-likeness (QED) is 0.263. The number of benzene rings is 3. The first-order valence-corrected chi connectivity index (χ1v) is 16.1. The molecule has 0 fully saturated rings. The highest BCUT2D eigenvalue weighted by Gasteiger charge is 2.34. The molecule has 42 heavy (non-hydrogen) atoms. The van der Waals surface area contributed by atoms with E-state index in [4.69, 9.17) is 27.9 Å². The molecule has 1 N–H and O–H groups in total. The summed E-state index contributed by atoms with van der Waals surface area (Å²) in [4.78, 5) is 29.4. The van der Waals surface area contributed by atoms with Crippen molar-refractivity contribution in [3.8, 4) is 5.75 Å². The minimum Gasteiger partial charge on any atom is -0.495 e. The van der Waals surface area contributed by atoms with Gasteiger partial charge in [0.2, 0.25) is 21.8 Å². The van der Waals surface area contributed by atoms with E-state index >= 15 is 0 Å². The number of nitrogens with zero attached hydrogens (tertiary/aromatic N) is 2. The number of sulfonamides is 1. The molecule has 0 aromatic heterocycles. The van der Waals surface area contributed by atoms with Gasteiger partial charge in [0, 0.05) is 19.0 Å². The molecule has 11 heteroatoms. The Hall–Kier alpha value is -3.27. The van der Waals surface area contributed by atoms with E-state index < -0.39 is 28.5 Å². The zero-order valence-electron chi connectivity index (χ0n) is 24.4. The minimum atomic E-state index is -3.94. The fraction of sp³-hybridized carbons (Fsp3) is 0.355. The van der Waals surface area contributed by atoms with Crippen LogP contribution in [0, 0.1) is 6.92 Å². The van der Waals surface area contributed by atoms with Crippen LogP contribution in [-0.2, 0) is 32.6 Å². The molecule has 0 unspecified atom stereocenters. The van der Waals surface area contributed by atoms with Crippen molar-refractivity contribution >= 4 is 50.7 Å². The van der Waals surface area contributed by atoms with Crippen LogP contribution in [0.2, 0.25) is 10.0 Å². The topological polar surface area (TPSA) is 96.0 Å².